The van der Waals surface area contributed by atoms with Crippen LogP contribution in [0.2, 0.25) is 0 Å². The lowest BCUT2D eigenvalue weighted by Crippen LogP contribution is -2.37. The topological polar surface area (TPSA) is 95.2 Å². The maximum Gasteiger partial charge on any atom is 0.258 e. The first-order valence-corrected chi connectivity index (χ1v) is 9.25. The maximum atomic E-state index is 12.6. The van der Waals surface area contributed by atoms with Crippen molar-refractivity contribution in [2.45, 2.75) is 12.8 Å². The van der Waals surface area contributed by atoms with E-state index in [2.05, 4.69) is 15.3 Å². The van der Waals surface area contributed by atoms with Gasteiger partial charge >= 0.3 is 0 Å². The van der Waals surface area contributed by atoms with Crippen LogP contribution in [0.5, 0.6) is 0 Å². The molecule has 1 aliphatic heterocycles. The number of fused-ring (bicyclic) bond motifs is 1. The third-order valence-electron chi connectivity index (χ3n) is 4.91. The minimum atomic E-state index is -0.677. The van der Waals surface area contributed by atoms with Gasteiger partial charge in [0.25, 0.3) is 5.56 Å². The highest BCUT2D eigenvalue weighted by Gasteiger charge is 2.37. The van der Waals surface area contributed by atoms with E-state index in [1.165, 1.54) is 0 Å². The fourth-order valence-corrected chi connectivity index (χ4v) is 3.47. The van der Waals surface area contributed by atoms with E-state index < -0.39 is 5.92 Å². The van der Waals surface area contributed by atoms with Gasteiger partial charge in [-0.3, -0.25) is 14.4 Å². The van der Waals surface area contributed by atoms with E-state index in [0.717, 1.165) is 5.69 Å². The summed E-state index contributed by atoms with van der Waals surface area (Å²) < 4.78 is 0. The van der Waals surface area contributed by atoms with E-state index in [1.807, 2.05) is 36.4 Å². The number of benzene rings is 2. The van der Waals surface area contributed by atoms with Gasteiger partial charge < -0.3 is 15.2 Å². The normalized spacial score (nSPS) is 16.5. The number of nitrogens with one attached hydrogen (secondary N) is 2. The molecule has 0 saturated carbocycles. The first-order valence-electron chi connectivity index (χ1n) is 9.25. The summed E-state index contributed by atoms with van der Waals surface area (Å²) in [6.07, 6.45) is 0.875. The number of carbonyl (C=O) groups is 2. The molecule has 1 aromatic heterocycles. The van der Waals surface area contributed by atoms with Crippen molar-refractivity contribution in [1.82, 2.24) is 15.3 Å². The van der Waals surface area contributed by atoms with E-state index >= 15 is 0 Å². The van der Waals surface area contributed by atoms with Crippen LogP contribution in [-0.4, -0.2) is 34.9 Å². The lowest BCUT2D eigenvalue weighted by Gasteiger charge is -2.16. The molecule has 28 heavy (non-hydrogen) atoms. The van der Waals surface area contributed by atoms with Gasteiger partial charge in [-0.2, -0.15) is 0 Å². The Morgan fingerprint density at radius 1 is 1.11 bits per heavy atom. The van der Waals surface area contributed by atoms with Gasteiger partial charge in [-0.25, -0.2) is 4.98 Å². The van der Waals surface area contributed by atoms with E-state index in [0.29, 0.717) is 42.7 Å². The predicted octanol–water partition coefficient (Wildman–Crippen LogP) is 1.63. The van der Waals surface area contributed by atoms with Crippen molar-refractivity contribution >= 4 is 28.4 Å². The van der Waals surface area contributed by atoms with Crippen molar-refractivity contribution < 1.29 is 9.59 Å². The van der Waals surface area contributed by atoms with Crippen molar-refractivity contribution in [2.75, 3.05) is 18.0 Å². The highest BCUT2D eigenvalue weighted by Crippen LogP contribution is 2.25. The SMILES string of the molecule is O=C(NCCc1nc2ccccc2c(=O)[nH]1)C1CCN(c2ccccc2)C1=O. The lowest BCUT2D eigenvalue weighted by atomic mass is 10.1. The summed E-state index contributed by atoms with van der Waals surface area (Å²) in [7, 11) is 0. The van der Waals surface area contributed by atoms with Gasteiger partial charge in [-0.05, 0) is 30.7 Å². The highest BCUT2D eigenvalue weighted by atomic mass is 16.2. The summed E-state index contributed by atoms with van der Waals surface area (Å²) in [6.45, 7) is 0.829. The number of aromatic amines is 1. The Bertz CT molecular complexity index is 1080. The van der Waals surface area contributed by atoms with Crippen molar-refractivity contribution in [3.05, 3.63) is 70.8 Å². The maximum absolute atomic E-state index is 12.6. The molecule has 7 nitrogen and oxygen atoms in total. The number of nitrogens with zero attached hydrogens (tertiary/aromatic N) is 2. The number of anilines is 1. The van der Waals surface area contributed by atoms with Crippen molar-refractivity contribution in [3.63, 3.8) is 0 Å². The van der Waals surface area contributed by atoms with E-state index in [1.54, 1.807) is 23.1 Å². The van der Waals surface area contributed by atoms with Crippen LogP contribution >= 0.6 is 0 Å². The minimum absolute atomic E-state index is 0.180. The molecule has 1 unspecified atom stereocenters. The van der Waals surface area contributed by atoms with Crippen LogP contribution < -0.4 is 15.8 Å². The molecule has 1 aliphatic rings. The molecule has 0 spiro atoms. The Morgan fingerprint density at radius 2 is 1.86 bits per heavy atom. The van der Waals surface area contributed by atoms with E-state index in [9.17, 15) is 14.4 Å². The number of rotatable bonds is 5. The van der Waals surface area contributed by atoms with Crippen molar-refractivity contribution in [2.24, 2.45) is 5.92 Å². The summed E-state index contributed by atoms with van der Waals surface area (Å²) in [4.78, 5) is 45.9. The monoisotopic (exact) mass is 376 g/mol. The number of aromatic nitrogens is 2. The number of hydrogen-bond donors (Lipinski definition) is 2. The van der Waals surface area contributed by atoms with Crippen LogP contribution in [0.3, 0.4) is 0 Å². The van der Waals surface area contributed by atoms with Gasteiger partial charge in [-0.1, -0.05) is 30.3 Å². The zero-order valence-electron chi connectivity index (χ0n) is 15.2. The van der Waals surface area contributed by atoms with Gasteiger partial charge in [0.15, 0.2) is 0 Å². The second-order valence-electron chi connectivity index (χ2n) is 6.74. The second kappa shape index (κ2) is 7.64. The lowest BCUT2D eigenvalue weighted by molar-refractivity contribution is -0.132. The van der Waals surface area contributed by atoms with Gasteiger partial charge in [0, 0.05) is 25.2 Å². The van der Waals surface area contributed by atoms with Crippen LogP contribution in [0.1, 0.15) is 12.2 Å². The van der Waals surface area contributed by atoms with Gasteiger partial charge in [0.05, 0.1) is 10.9 Å². The van der Waals surface area contributed by atoms with E-state index in [4.69, 9.17) is 0 Å². The number of H-pyrrole nitrogens is 1. The first-order chi connectivity index (χ1) is 13.6. The molecule has 2 heterocycles. The van der Waals surface area contributed by atoms with Gasteiger partial charge in [-0.15, -0.1) is 0 Å². The molecule has 0 radical (unpaired) electrons. The molecular formula is C21H20N4O3. The molecule has 2 aromatic carbocycles. The standard InChI is InChI=1S/C21H20N4O3/c26-19(16-11-13-25(21(16)28)14-6-2-1-3-7-14)22-12-10-18-23-17-9-5-4-8-15(17)20(27)24-18/h1-9,16H,10-13H2,(H,22,26)(H,23,24,27). The van der Waals surface area contributed by atoms with Crippen LogP contribution in [0.4, 0.5) is 5.69 Å². The van der Waals surface area contributed by atoms with Gasteiger partial charge in [0.2, 0.25) is 11.8 Å². The van der Waals surface area contributed by atoms with E-state index in [-0.39, 0.29) is 17.4 Å². The summed E-state index contributed by atoms with van der Waals surface area (Å²) in [5, 5.41) is 3.33. The molecule has 4 rings (SSSR count). The zero-order chi connectivity index (χ0) is 19.5. The van der Waals surface area contributed by atoms with Crippen LogP contribution in [0, 0.1) is 5.92 Å². The van der Waals surface area contributed by atoms with Gasteiger partial charge in [0.1, 0.15) is 11.7 Å². The summed E-state index contributed by atoms with van der Waals surface area (Å²) in [5.74, 6) is -0.635. The molecular weight excluding hydrogens is 356 g/mol. The van der Waals surface area contributed by atoms with Crippen molar-refractivity contribution in [1.29, 1.82) is 0 Å². The molecule has 1 saturated heterocycles. The fourth-order valence-electron chi connectivity index (χ4n) is 3.47. The molecule has 142 valence electrons. The molecule has 1 atom stereocenters. The average molecular weight is 376 g/mol. The molecule has 0 aliphatic carbocycles. The smallest absolute Gasteiger partial charge is 0.258 e. The summed E-state index contributed by atoms with van der Waals surface area (Å²) >= 11 is 0. The third-order valence-corrected chi connectivity index (χ3v) is 4.91. The second-order valence-corrected chi connectivity index (χ2v) is 6.74. The van der Waals surface area contributed by atoms with Crippen molar-refractivity contribution in [3.8, 4) is 0 Å². The Balaban J connectivity index is 1.36. The molecule has 3 aromatic rings. The number of para-hydroxylation sites is 2. The third kappa shape index (κ3) is 3.51. The molecule has 1 fully saturated rings. The number of hydrogen-bond acceptors (Lipinski definition) is 4. The highest BCUT2D eigenvalue weighted by molar-refractivity contribution is 6.09. The molecule has 2 N–H and O–H groups in total. The number of amides is 2. The quantitative estimate of drug-likeness (QED) is 0.662. The molecule has 7 heteroatoms. The largest absolute Gasteiger partial charge is 0.355 e. The fraction of sp³-hybridized carbons (Fsp3) is 0.238. The first kappa shape index (κ1) is 17.9. The van der Waals surface area contributed by atoms with Crippen LogP contribution in [-0.2, 0) is 16.0 Å². The Labute approximate surface area is 161 Å². The molecule has 0 bridgehead atoms. The Morgan fingerprint density at radius 3 is 2.68 bits per heavy atom. The predicted molar refractivity (Wildman–Crippen MR) is 106 cm³/mol. The van der Waals surface area contributed by atoms with Crippen LogP contribution in [0.15, 0.2) is 59.4 Å². The van der Waals surface area contributed by atoms with Crippen LogP contribution in [0.25, 0.3) is 10.9 Å². The average Bonchev–Trinajstić information content (AvgIpc) is 3.10. The Kier molecular flexibility index (Phi) is 4.89. The Hall–Kier alpha value is -3.48. The zero-order valence-corrected chi connectivity index (χ0v) is 15.2. The minimum Gasteiger partial charge on any atom is -0.355 e. The summed E-state index contributed by atoms with van der Waals surface area (Å²) in [6, 6.07) is 16.5. The number of carbonyl (C=O) groups excluding carboxylic acids is 2. The molecule has 2 amide bonds. The summed E-state index contributed by atoms with van der Waals surface area (Å²) in [5.41, 5.74) is 1.23.